The highest BCUT2D eigenvalue weighted by Crippen LogP contribution is 2.33. The number of fused-ring (bicyclic) bond motifs is 2. The van der Waals surface area contributed by atoms with Crippen molar-refractivity contribution in [3.8, 4) is 0 Å². The monoisotopic (exact) mass is 365 g/mol. The highest BCUT2D eigenvalue weighted by Gasteiger charge is 2.34. The van der Waals surface area contributed by atoms with E-state index in [2.05, 4.69) is 21.9 Å². The molecule has 0 radical (unpaired) electrons. The first kappa shape index (κ1) is 16.9. The number of nitrogens with zero attached hydrogens (tertiary/aromatic N) is 3. The summed E-state index contributed by atoms with van der Waals surface area (Å²) in [5.41, 5.74) is 2.46. The average molecular weight is 366 g/mol. The molecule has 4 rings (SSSR count). The van der Waals surface area contributed by atoms with Crippen LogP contribution in [0.4, 0.5) is 10.5 Å². The molecule has 3 fully saturated rings. The van der Waals surface area contributed by atoms with Crippen LogP contribution in [0.5, 0.6) is 0 Å². The largest absolute Gasteiger partial charge is 0.465 e. The topological polar surface area (TPSA) is 56.2 Å². The average Bonchev–Trinajstić information content (AvgIpc) is 2.95. The Kier molecular flexibility index (Phi) is 4.75. The highest BCUT2D eigenvalue weighted by atomic mass is 35.5. The van der Waals surface area contributed by atoms with E-state index >= 15 is 0 Å². The quantitative estimate of drug-likeness (QED) is 0.892. The summed E-state index contributed by atoms with van der Waals surface area (Å²) in [6.07, 6.45) is 2.15. The van der Waals surface area contributed by atoms with E-state index in [0.29, 0.717) is 25.3 Å². The number of rotatable bonds is 3. The molecule has 1 aromatic carbocycles. The molecule has 136 valence electrons. The zero-order chi connectivity index (χ0) is 17.4. The third-order valence-corrected chi connectivity index (χ3v) is 5.70. The van der Waals surface area contributed by atoms with Gasteiger partial charge in [0.15, 0.2) is 0 Å². The van der Waals surface area contributed by atoms with Gasteiger partial charge in [-0.1, -0.05) is 17.7 Å². The lowest BCUT2D eigenvalue weighted by atomic mass is 10.1. The molecule has 3 heterocycles. The molecular weight excluding hydrogens is 342 g/mol. The van der Waals surface area contributed by atoms with Crippen LogP contribution in [0.25, 0.3) is 0 Å². The second-order valence-corrected chi connectivity index (χ2v) is 7.62. The number of carboxylic acid groups (broad SMARTS) is 1. The van der Waals surface area contributed by atoms with Gasteiger partial charge in [-0.25, -0.2) is 4.79 Å². The fourth-order valence-corrected chi connectivity index (χ4v) is 4.28. The Bertz CT molecular complexity index is 636. The molecule has 25 heavy (non-hydrogen) atoms. The van der Waals surface area contributed by atoms with Crippen molar-refractivity contribution in [2.75, 3.05) is 44.2 Å². The number of morpholine rings is 1. The Hall–Kier alpha value is -1.50. The Balaban J connectivity index is 1.48. The number of ether oxygens (including phenoxy) is 1. The number of piperazine rings is 1. The van der Waals surface area contributed by atoms with E-state index in [4.69, 9.17) is 21.4 Å². The molecule has 1 aromatic rings. The molecule has 2 atom stereocenters. The molecule has 3 aliphatic rings. The minimum absolute atomic E-state index is 0.338. The minimum atomic E-state index is -0.823. The summed E-state index contributed by atoms with van der Waals surface area (Å²) >= 11 is 6.28. The van der Waals surface area contributed by atoms with Crippen LogP contribution in [-0.4, -0.2) is 72.5 Å². The van der Waals surface area contributed by atoms with E-state index in [-0.39, 0.29) is 0 Å². The van der Waals surface area contributed by atoms with E-state index in [0.717, 1.165) is 50.6 Å². The number of halogens is 1. The predicted octanol–water partition coefficient (Wildman–Crippen LogP) is 2.50. The summed E-state index contributed by atoms with van der Waals surface area (Å²) in [5, 5.41) is 9.85. The number of hydrogen-bond acceptors (Lipinski definition) is 4. The number of amides is 1. The van der Waals surface area contributed by atoms with Crippen LogP contribution in [0.15, 0.2) is 18.2 Å². The second-order valence-electron chi connectivity index (χ2n) is 7.18. The van der Waals surface area contributed by atoms with Crippen LogP contribution < -0.4 is 4.90 Å². The van der Waals surface area contributed by atoms with Crippen molar-refractivity contribution in [3.63, 3.8) is 0 Å². The summed E-state index contributed by atoms with van der Waals surface area (Å²) < 4.78 is 5.96. The van der Waals surface area contributed by atoms with Gasteiger partial charge in [0, 0.05) is 56.5 Å². The fraction of sp³-hybridized carbons (Fsp3) is 0.611. The van der Waals surface area contributed by atoms with Gasteiger partial charge < -0.3 is 19.6 Å². The molecule has 0 spiro atoms. The first-order valence-electron chi connectivity index (χ1n) is 8.97. The van der Waals surface area contributed by atoms with Crippen LogP contribution in [0.1, 0.15) is 18.4 Å². The molecule has 7 heteroatoms. The van der Waals surface area contributed by atoms with E-state index in [1.807, 2.05) is 6.07 Å². The summed E-state index contributed by atoms with van der Waals surface area (Å²) in [6, 6.07) is 6.12. The molecule has 1 amide bonds. The summed E-state index contributed by atoms with van der Waals surface area (Å²) in [4.78, 5) is 17.3. The second kappa shape index (κ2) is 7.02. The summed E-state index contributed by atoms with van der Waals surface area (Å²) in [7, 11) is 0. The van der Waals surface area contributed by atoms with Gasteiger partial charge >= 0.3 is 6.09 Å². The van der Waals surface area contributed by atoms with Crippen molar-refractivity contribution in [2.24, 2.45) is 0 Å². The van der Waals surface area contributed by atoms with Gasteiger partial charge in [0.05, 0.1) is 12.2 Å². The molecule has 0 aromatic heterocycles. The Morgan fingerprint density at radius 3 is 2.48 bits per heavy atom. The van der Waals surface area contributed by atoms with Crippen molar-refractivity contribution in [3.05, 3.63) is 28.8 Å². The maximum Gasteiger partial charge on any atom is 0.407 e. The third kappa shape index (κ3) is 3.71. The van der Waals surface area contributed by atoms with Gasteiger partial charge in [0.2, 0.25) is 0 Å². The van der Waals surface area contributed by atoms with Crippen LogP contribution in [0.2, 0.25) is 5.02 Å². The fourth-order valence-electron chi connectivity index (χ4n) is 4.11. The summed E-state index contributed by atoms with van der Waals surface area (Å²) in [6.45, 7) is 5.35. The Morgan fingerprint density at radius 1 is 1.16 bits per heavy atom. The maximum atomic E-state index is 11.1. The minimum Gasteiger partial charge on any atom is -0.465 e. The van der Waals surface area contributed by atoms with Crippen molar-refractivity contribution < 1.29 is 14.6 Å². The predicted molar refractivity (Wildman–Crippen MR) is 96.4 cm³/mol. The van der Waals surface area contributed by atoms with E-state index in [1.54, 1.807) is 0 Å². The molecule has 6 nitrogen and oxygen atoms in total. The number of anilines is 1. The number of hydrogen-bond donors (Lipinski definition) is 1. The summed E-state index contributed by atoms with van der Waals surface area (Å²) in [5.74, 6) is 0. The normalized spacial score (nSPS) is 26.9. The lowest BCUT2D eigenvalue weighted by Crippen LogP contribution is -2.48. The van der Waals surface area contributed by atoms with Crippen LogP contribution >= 0.6 is 11.6 Å². The molecule has 2 unspecified atom stereocenters. The van der Waals surface area contributed by atoms with Gasteiger partial charge in [-0.3, -0.25) is 4.90 Å². The van der Waals surface area contributed by atoms with Crippen molar-refractivity contribution in [1.29, 1.82) is 0 Å². The van der Waals surface area contributed by atoms with Crippen LogP contribution in [-0.2, 0) is 11.3 Å². The van der Waals surface area contributed by atoms with Crippen LogP contribution in [0, 0.1) is 0 Å². The van der Waals surface area contributed by atoms with E-state index < -0.39 is 6.09 Å². The zero-order valence-electron chi connectivity index (χ0n) is 14.2. The van der Waals surface area contributed by atoms with E-state index in [1.165, 1.54) is 16.2 Å². The molecule has 3 saturated heterocycles. The maximum absolute atomic E-state index is 11.1. The molecule has 1 N–H and O–H groups in total. The third-order valence-electron chi connectivity index (χ3n) is 5.47. The molecular formula is C18H24ClN3O3. The lowest BCUT2D eigenvalue weighted by Gasteiger charge is -2.37. The van der Waals surface area contributed by atoms with Crippen LogP contribution in [0.3, 0.4) is 0 Å². The molecule has 3 aliphatic heterocycles. The Morgan fingerprint density at radius 2 is 1.84 bits per heavy atom. The molecule has 0 saturated carbocycles. The standard InChI is InChI=1S/C18H24ClN3O3/c19-14-2-1-13(10-20-5-7-21(8-6-20)18(23)24)17(9-14)22-11-15-3-4-16(12-22)25-15/h1-2,9,15-16H,3-8,10-12H2,(H,23,24). The van der Waals surface area contributed by atoms with E-state index in [9.17, 15) is 4.79 Å². The first-order valence-corrected chi connectivity index (χ1v) is 9.35. The smallest absolute Gasteiger partial charge is 0.407 e. The lowest BCUT2D eigenvalue weighted by molar-refractivity contribution is 0.0304. The highest BCUT2D eigenvalue weighted by molar-refractivity contribution is 6.30. The van der Waals surface area contributed by atoms with Crippen molar-refractivity contribution >= 4 is 23.4 Å². The molecule has 2 bridgehead atoms. The van der Waals surface area contributed by atoms with Gasteiger partial charge in [0.25, 0.3) is 0 Å². The van der Waals surface area contributed by atoms with Gasteiger partial charge in [-0.2, -0.15) is 0 Å². The SMILES string of the molecule is O=C(O)N1CCN(Cc2ccc(Cl)cc2N2CC3CCC(C2)O3)CC1. The number of carbonyl (C=O) groups is 1. The number of benzene rings is 1. The Labute approximate surface area is 152 Å². The molecule has 0 aliphatic carbocycles. The van der Waals surface area contributed by atoms with Gasteiger partial charge in [-0.05, 0) is 30.5 Å². The van der Waals surface area contributed by atoms with Gasteiger partial charge in [0.1, 0.15) is 0 Å². The van der Waals surface area contributed by atoms with Crippen molar-refractivity contribution in [1.82, 2.24) is 9.80 Å². The van der Waals surface area contributed by atoms with Crippen molar-refractivity contribution in [2.45, 2.75) is 31.6 Å². The first-order chi connectivity index (χ1) is 12.1. The van der Waals surface area contributed by atoms with Gasteiger partial charge in [-0.15, -0.1) is 0 Å². The zero-order valence-corrected chi connectivity index (χ0v) is 15.0.